The van der Waals surface area contributed by atoms with Crippen LogP contribution in [0.25, 0.3) is 21.8 Å². The van der Waals surface area contributed by atoms with Crippen LogP contribution in [0.5, 0.6) is 0 Å². The Bertz CT molecular complexity index is 1730. The zero-order chi connectivity index (χ0) is 32.8. The molecular weight excluding hydrogens is 607 g/mol. The van der Waals surface area contributed by atoms with Crippen molar-refractivity contribution in [1.82, 2.24) is 19.8 Å². The molecule has 1 atom stereocenters. The average molecular weight is 651 g/mol. The average Bonchev–Trinajstić information content (AvgIpc) is 3.89. The highest BCUT2D eigenvalue weighted by Gasteiger charge is 2.28. The van der Waals surface area contributed by atoms with E-state index in [0.29, 0.717) is 30.3 Å². The number of hydrogen-bond donors (Lipinski definition) is 3. The van der Waals surface area contributed by atoms with E-state index < -0.39 is 17.2 Å². The Balaban J connectivity index is 0.000000182. The Labute approximate surface area is 274 Å². The van der Waals surface area contributed by atoms with Crippen molar-refractivity contribution in [2.45, 2.75) is 58.5 Å². The van der Waals surface area contributed by atoms with Gasteiger partial charge in [-0.1, -0.05) is 25.4 Å². The van der Waals surface area contributed by atoms with Crippen molar-refractivity contribution < 1.29 is 14.3 Å². The van der Waals surface area contributed by atoms with Crippen LogP contribution in [0, 0.1) is 5.82 Å². The van der Waals surface area contributed by atoms with E-state index in [1.54, 1.807) is 6.07 Å². The third-order valence-electron chi connectivity index (χ3n) is 8.84. The lowest BCUT2D eigenvalue weighted by Gasteiger charge is -2.30. The SMILES string of the molecule is CCN(CC)CCCC(C)Nc1ccnc2cc(Cl)ccc12.O=C(O)c1cn(C2CC2)c2cc(N3CCNCC3)c(F)cc2c1=O. The zero-order valence-corrected chi connectivity index (χ0v) is 27.6. The topological polar surface area (TPSA) is 103 Å². The number of nitrogens with one attached hydrogen (secondary N) is 2. The summed E-state index contributed by atoms with van der Waals surface area (Å²) >= 11 is 6.04. The molecule has 1 saturated carbocycles. The first kappa shape index (κ1) is 33.6. The number of carboxylic acid groups (broad SMARTS) is 1. The molecule has 6 rings (SSSR count). The summed E-state index contributed by atoms with van der Waals surface area (Å²) in [5.41, 5.74) is 2.23. The van der Waals surface area contributed by atoms with Crippen LogP contribution < -0.4 is 21.0 Å². The summed E-state index contributed by atoms with van der Waals surface area (Å²) in [7, 11) is 0. The standard InChI is InChI=1S/C18H26ClN3.C17H18FN3O3/c1-4-22(5-2)12-6-7-14(3)21-17-10-11-20-18-13-15(19)8-9-16(17)18;18-13-7-11-14(8-15(13)20-5-3-19-4-6-20)21(10-1-2-10)9-12(16(11)22)17(23)24/h8-11,13-14H,4-7,12H2,1-3H3,(H,20,21);7-10,19H,1-6H2,(H,23,24). The van der Waals surface area contributed by atoms with Gasteiger partial charge in [0, 0.05) is 72.1 Å². The summed E-state index contributed by atoms with van der Waals surface area (Å²) in [5, 5.41) is 18.1. The van der Waals surface area contributed by atoms with Crippen LogP contribution in [0.3, 0.4) is 0 Å². The molecule has 9 nitrogen and oxygen atoms in total. The lowest BCUT2D eigenvalue weighted by molar-refractivity contribution is 0.0695. The van der Waals surface area contributed by atoms with Gasteiger partial charge in [-0.15, -0.1) is 0 Å². The summed E-state index contributed by atoms with van der Waals surface area (Å²) in [6.07, 6.45) is 7.50. The smallest absolute Gasteiger partial charge is 0.341 e. The van der Waals surface area contributed by atoms with Crippen LogP contribution in [0.1, 0.15) is 62.9 Å². The second-order valence-corrected chi connectivity index (χ2v) is 12.5. The van der Waals surface area contributed by atoms with Crippen molar-refractivity contribution in [1.29, 1.82) is 0 Å². The number of nitrogens with zero attached hydrogens (tertiary/aromatic N) is 4. The van der Waals surface area contributed by atoms with Gasteiger partial charge < -0.3 is 30.1 Å². The lowest BCUT2D eigenvalue weighted by atomic mass is 10.1. The second kappa shape index (κ2) is 15.2. The summed E-state index contributed by atoms with van der Waals surface area (Å²) in [5.74, 6) is -1.76. The quantitative estimate of drug-likeness (QED) is 0.172. The fourth-order valence-electron chi connectivity index (χ4n) is 6.06. The molecule has 2 aliphatic rings. The minimum absolute atomic E-state index is 0.137. The largest absolute Gasteiger partial charge is 0.477 e. The van der Waals surface area contributed by atoms with Crippen molar-refractivity contribution in [3.8, 4) is 0 Å². The Morgan fingerprint density at radius 2 is 1.89 bits per heavy atom. The number of carbonyl (C=O) groups is 1. The molecule has 4 aromatic rings. The first-order chi connectivity index (χ1) is 22.2. The van der Waals surface area contributed by atoms with E-state index in [2.05, 4.69) is 41.3 Å². The van der Waals surface area contributed by atoms with Gasteiger partial charge in [-0.3, -0.25) is 9.78 Å². The molecule has 2 aromatic carbocycles. The maximum absolute atomic E-state index is 14.6. The first-order valence-electron chi connectivity index (χ1n) is 16.3. The number of piperazine rings is 1. The molecule has 1 aliphatic carbocycles. The molecule has 1 aliphatic heterocycles. The van der Waals surface area contributed by atoms with Crippen molar-refractivity contribution in [2.75, 3.05) is 56.0 Å². The van der Waals surface area contributed by atoms with Gasteiger partial charge in [0.1, 0.15) is 11.4 Å². The molecule has 1 saturated heterocycles. The van der Waals surface area contributed by atoms with Crippen molar-refractivity contribution in [3.63, 3.8) is 0 Å². The van der Waals surface area contributed by atoms with Crippen molar-refractivity contribution >= 4 is 50.8 Å². The number of carboxylic acids is 1. The minimum Gasteiger partial charge on any atom is -0.477 e. The number of hydrogen-bond acceptors (Lipinski definition) is 7. The van der Waals surface area contributed by atoms with E-state index in [4.69, 9.17) is 11.6 Å². The molecule has 3 N–H and O–H groups in total. The Morgan fingerprint density at radius 1 is 1.15 bits per heavy atom. The predicted octanol–water partition coefficient (Wildman–Crippen LogP) is 6.39. The van der Waals surface area contributed by atoms with E-state index in [0.717, 1.165) is 67.1 Å². The monoisotopic (exact) mass is 650 g/mol. The molecule has 246 valence electrons. The Kier molecular flexibility index (Phi) is 11.1. The van der Waals surface area contributed by atoms with Crippen LogP contribution in [0.4, 0.5) is 15.8 Å². The van der Waals surface area contributed by atoms with Crippen LogP contribution in [-0.2, 0) is 0 Å². The number of pyridine rings is 2. The summed E-state index contributed by atoms with van der Waals surface area (Å²) in [6, 6.07) is 11.4. The predicted molar refractivity (Wildman–Crippen MR) is 185 cm³/mol. The third-order valence-corrected chi connectivity index (χ3v) is 9.08. The van der Waals surface area contributed by atoms with Gasteiger partial charge in [-0.05, 0) is 88.6 Å². The normalized spacial score (nSPS) is 15.6. The highest BCUT2D eigenvalue weighted by Crippen LogP contribution is 2.38. The van der Waals surface area contributed by atoms with E-state index in [-0.39, 0.29) is 17.0 Å². The summed E-state index contributed by atoms with van der Waals surface area (Å²) in [4.78, 5) is 32.6. The van der Waals surface area contributed by atoms with Crippen LogP contribution in [-0.4, -0.2) is 77.4 Å². The third kappa shape index (κ3) is 7.97. The second-order valence-electron chi connectivity index (χ2n) is 12.1. The maximum atomic E-state index is 14.6. The van der Waals surface area contributed by atoms with E-state index in [9.17, 15) is 19.1 Å². The fraction of sp³-hybridized carbons (Fsp3) is 0.457. The molecule has 3 heterocycles. The molecule has 1 unspecified atom stereocenters. The van der Waals surface area contributed by atoms with E-state index in [1.807, 2.05) is 39.9 Å². The van der Waals surface area contributed by atoms with Crippen LogP contribution in [0.15, 0.2) is 53.6 Å². The number of aromatic carboxylic acids is 1. The molecule has 0 amide bonds. The molecular formula is C35H44ClFN6O3. The summed E-state index contributed by atoms with van der Waals surface area (Å²) in [6.45, 7) is 13.1. The number of aromatic nitrogens is 2. The van der Waals surface area contributed by atoms with Gasteiger partial charge in [0.05, 0.1) is 16.7 Å². The molecule has 46 heavy (non-hydrogen) atoms. The fourth-order valence-corrected chi connectivity index (χ4v) is 6.23. The van der Waals surface area contributed by atoms with Crippen molar-refractivity contribution in [3.05, 3.63) is 75.4 Å². The number of fused-ring (bicyclic) bond motifs is 2. The van der Waals surface area contributed by atoms with Gasteiger partial charge in [0.25, 0.3) is 0 Å². The van der Waals surface area contributed by atoms with Gasteiger partial charge >= 0.3 is 5.97 Å². The molecule has 2 aromatic heterocycles. The summed E-state index contributed by atoms with van der Waals surface area (Å²) < 4.78 is 16.4. The van der Waals surface area contributed by atoms with Gasteiger partial charge in [0.15, 0.2) is 0 Å². The zero-order valence-electron chi connectivity index (χ0n) is 26.9. The minimum atomic E-state index is -1.28. The van der Waals surface area contributed by atoms with Gasteiger partial charge in [-0.2, -0.15) is 0 Å². The Morgan fingerprint density at radius 3 is 2.57 bits per heavy atom. The van der Waals surface area contributed by atoms with Crippen LogP contribution >= 0.6 is 11.6 Å². The number of anilines is 2. The number of rotatable bonds is 11. The number of halogens is 2. The van der Waals surface area contributed by atoms with Crippen molar-refractivity contribution in [2.24, 2.45) is 0 Å². The van der Waals surface area contributed by atoms with E-state index >= 15 is 0 Å². The highest BCUT2D eigenvalue weighted by atomic mass is 35.5. The van der Waals surface area contributed by atoms with Gasteiger partial charge in [-0.25, -0.2) is 9.18 Å². The molecule has 0 spiro atoms. The number of benzene rings is 2. The molecule has 2 fully saturated rings. The maximum Gasteiger partial charge on any atom is 0.341 e. The lowest BCUT2D eigenvalue weighted by Crippen LogP contribution is -2.43. The first-order valence-corrected chi connectivity index (χ1v) is 16.7. The molecule has 11 heteroatoms. The Hall–Kier alpha value is -3.73. The van der Waals surface area contributed by atoms with Crippen LogP contribution in [0.2, 0.25) is 5.02 Å². The highest BCUT2D eigenvalue weighted by molar-refractivity contribution is 6.31. The van der Waals surface area contributed by atoms with E-state index in [1.165, 1.54) is 25.2 Å². The molecule has 0 bridgehead atoms. The van der Waals surface area contributed by atoms with Gasteiger partial charge in [0.2, 0.25) is 5.43 Å². The molecule has 0 radical (unpaired) electrons.